The van der Waals surface area contributed by atoms with Crippen molar-refractivity contribution in [3.8, 4) is 17.2 Å². The van der Waals surface area contributed by atoms with E-state index < -0.39 is 40.3 Å². The fraction of sp³-hybridized carbons (Fsp3) is 0.250. The average molecular weight is 602 g/mol. The van der Waals surface area contributed by atoms with E-state index >= 15 is 0 Å². The lowest BCUT2D eigenvalue weighted by atomic mass is 10.1. The fourth-order valence-corrected chi connectivity index (χ4v) is 4.95. The number of fused-ring (bicyclic) bond motifs is 1. The highest BCUT2D eigenvalue weighted by Crippen LogP contribution is 2.41. The standard InChI is InChI=1S/C28H21ClF5N7O/c1-15-6-19(28(32,33)34)9-25(38-15)41-24(27(42)39(2)23-10-20(29)21(30)11-22(23)31)8-16-7-17(12-36-26(16)41)18-13-37-40(14-18)5-3-4-35/h6-7,9-14,24H,3,5,8H2,1-2H3. The number of anilines is 3. The molecule has 4 heterocycles. The molecule has 1 unspecified atom stereocenters. The first-order valence-corrected chi connectivity index (χ1v) is 12.9. The lowest BCUT2D eigenvalue weighted by Gasteiger charge is -2.29. The molecular weight excluding hydrogens is 581 g/mol. The van der Waals surface area contributed by atoms with Gasteiger partial charge < -0.3 is 4.90 Å². The summed E-state index contributed by atoms with van der Waals surface area (Å²) in [4.78, 5) is 24.8. The third-order valence-electron chi connectivity index (χ3n) is 6.80. The second-order valence-electron chi connectivity index (χ2n) is 9.66. The number of hydrogen-bond acceptors (Lipinski definition) is 6. The molecule has 1 amide bonds. The fourth-order valence-electron chi connectivity index (χ4n) is 4.79. The van der Waals surface area contributed by atoms with E-state index in [1.165, 1.54) is 25.1 Å². The van der Waals surface area contributed by atoms with E-state index in [2.05, 4.69) is 15.1 Å². The summed E-state index contributed by atoms with van der Waals surface area (Å²) in [7, 11) is 1.26. The number of carbonyl (C=O) groups is 1. The number of halogens is 6. The lowest BCUT2D eigenvalue weighted by molar-refractivity contribution is -0.137. The number of nitrogens with zero attached hydrogens (tertiary/aromatic N) is 7. The zero-order valence-corrected chi connectivity index (χ0v) is 22.9. The smallest absolute Gasteiger partial charge is 0.311 e. The SMILES string of the molecule is Cc1cc(C(F)(F)F)cc(N2c3ncc(-c4cnn(CCC#N)c4)cc3CC2C(=O)N(C)c2cc(Cl)c(F)cc2F)n1. The molecule has 0 N–H and O–H groups in total. The van der Waals surface area contributed by atoms with E-state index in [1.54, 1.807) is 23.1 Å². The molecule has 3 aromatic heterocycles. The highest BCUT2D eigenvalue weighted by atomic mass is 35.5. The van der Waals surface area contributed by atoms with Gasteiger partial charge in [0.2, 0.25) is 5.91 Å². The van der Waals surface area contributed by atoms with Crippen LogP contribution in [0.3, 0.4) is 0 Å². The second kappa shape index (κ2) is 11.0. The number of likely N-dealkylation sites (N-methyl/N-ethyl adjacent to an activating group) is 1. The van der Waals surface area contributed by atoms with Gasteiger partial charge in [0.25, 0.3) is 0 Å². The minimum absolute atomic E-state index is 0.00453. The van der Waals surface area contributed by atoms with Crippen LogP contribution in [0.1, 0.15) is 23.2 Å². The Morgan fingerprint density at radius 3 is 2.62 bits per heavy atom. The molecule has 8 nitrogen and oxygen atoms in total. The summed E-state index contributed by atoms with van der Waals surface area (Å²) >= 11 is 5.84. The van der Waals surface area contributed by atoms with E-state index in [9.17, 15) is 26.7 Å². The Labute approximate surface area is 241 Å². The van der Waals surface area contributed by atoms with Gasteiger partial charge in [-0.2, -0.15) is 23.5 Å². The molecule has 0 fully saturated rings. The van der Waals surface area contributed by atoms with Crippen LogP contribution in [0.2, 0.25) is 5.02 Å². The molecule has 4 aromatic rings. The molecule has 42 heavy (non-hydrogen) atoms. The van der Waals surface area contributed by atoms with E-state index in [1.807, 2.05) is 6.07 Å². The van der Waals surface area contributed by atoms with E-state index in [4.69, 9.17) is 16.9 Å². The predicted molar refractivity (Wildman–Crippen MR) is 144 cm³/mol. The predicted octanol–water partition coefficient (Wildman–Crippen LogP) is 6.24. The Hall–Kier alpha value is -4.57. The molecule has 1 aliphatic heterocycles. The third-order valence-corrected chi connectivity index (χ3v) is 7.09. The molecule has 14 heteroatoms. The quantitative estimate of drug-likeness (QED) is 0.192. The van der Waals surface area contributed by atoms with Crippen molar-refractivity contribution < 1.29 is 26.7 Å². The van der Waals surface area contributed by atoms with Crippen molar-refractivity contribution in [2.24, 2.45) is 0 Å². The molecule has 0 bridgehead atoms. The van der Waals surface area contributed by atoms with Gasteiger partial charge in [-0.3, -0.25) is 14.4 Å². The van der Waals surface area contributed by atoms with Crippen molar-refractivity contribution >= 4 is 34.8 Å². The molecule has 5 rings (SSSR count). The number of alkyl halides is 3. The molecule has 1 atom stereocenters. The summed E-state index contributed by atoms with van der Waals surface area (Å²) in [5, 5.41) is 12.6. The first kappa shape index (κ1) is 28.9. The topological polar surface area (TPSA) is 90.9 Å². The van der Waals surface area contributed by atoms with Crippen LogP contribution in [-0.4, -0.2) is 38.7 Å². The molecule has 216 valence electrons. The maximum atomic E-state index is 14.7. The van der Waals surface area contributed by atoms with Gasteiger partial charge in [-0.25, -0.2) is 18.7 Å². The van der Waals surface area contributed by atoms with Crippen LogP contribution in [0.5, 0.6) is 0 Å². The number of rotatable bonds is 6. The van der Waals surface area contributed by atoms with Gasteiger partial charge in [0.1, 0.15) is 29.3 Å². The Morgan fingerprint density at radius 1 is 1.14 bits per heavy atom. The van der Waals surface area contributed by atoms with Gasteiger partial charge in [-0.05, 0) is 36.8 Å². The number of amides is 1. The Kier molecular flexibility index (Phi) is 7.59. The highest BCUT2D eigenvalue weighted by molar-refractivity contribution is 6.31. The van der Waals surface area contributed by atoms with E-state index in [0.29, 0.717) is 29.3 Å². The molecule has 0 saturated carbocycles. The Balaban J connectivity index is 1.59. The number of aromatic nitrogens is 4. The van der Waals surface area contributed by atoms with Crippen LogP contribution in [-0.2, 0) is 23.9 Å². The van der Waals surface area contributed by atoms with Gasteiger partial charge in [0.15, 0.2) is 0 Å². The number of pyridine rings is 2. The van der Waals surface area contributed by atoms with Crippen molar-refractivity contribution in [3.63, 3.8) is 0 Å². The van der Waals surface area contributed by atoms with Gasteiger partial charge in [0, 0.05) is 48.7 Å². The van der Waals surface area contributed by atoms with Crippen LogP contribution < -0.4 is 9.80 Å². The highest BCUT2D eigenvalue weighted by Gasteiger charge is 2.41. The molecule has 0 radical (unpaired) electrons. The monoisotopic (exact) mass is 601 g/mol. The minimum Gasteiger partial charge on any atom is -0.311 e. The Morgan fingerprint density at radius 2 is 1.90 bits per heavy atom. The van der Waals surface area contributed by atoms with Crippen LogP contribution in [0.25, 0.3) is 11.1 Å². The van der Waals surface area contributed by atoms with E-state index in [-0.39, 0.29) is 35.9 Å². The molecule has 0 aliphatic carbocycles. The van der Waals surface area contributed by atoms with Gasteiger partial charge in [0.05, 0.1) is 41.5 Å². The number of carbonyl (C=O) groups excluding carboxylic acids is 1. The van der Waals surface area contributed by atoms with Crippen molar-refractivity contribution in [2.75, 3.05) is 16.8 Å². The number of benzene rings is 1. The first-order chi connectivity index (χ1) is 19.9. The summed E-state index contributed by atoms with van der Waals surface area (Å²) in [6.07, 6.45) is 0.381. The lowest BCUT2D eigenvalue weighted by Crippen LogP contribution is -2.45. The summed E-state index contributed by atoms with van der Waals surface area (Å²) in [6.45, 7) is 1.78. The maximum Gasteiger partial charge on any atom is 0.416 e. The van der Waals surface area contributed by atoms with Crippen molar-refractivity contribution in [1.82, 2.24) is 19.7 Å². The number of aryl methyl sites for hydroxylation is 2. The van der Waals surface area contributed by atoms with Crippen LogP contribution in [0, 0.1) is 29.9 Å². The van der Waals surface area contributed by atoms with Crippen LogP contribution >= 0.6 is 11.6 Å². The van der Waals surface area contributed by atoms with Crippen molar-refractivity contribution in [1.29, 1.82) is 5.26 Å². The van der Waals surface area contributed by atoms with E-state index in [0.717, 1.165) is 23.1 Å². The molecular formula is C28H21ClF5N7O. The summed E-state index contributed by atoms with van der Waals surface area (Å²) in [6, 6.07) is 5.83. The normalized spacial score (nSPS) is 14.5. The van der Waals surface area contributed by atoms with Crippen LogP contribution in [0.15, 0.2) is 48.9 Å². The number of hydrogen-bond donors (Lipinski definition) is 0. The molecule has 0 saturated heterocycles. The summed E-state index contributed by atoms with van der Waals surface area (Å²) in [5.41, 5.74) is 0.620. The largest absolute Gasteiger partial charge is 0.416 e. The molecule has 1 aromatic carbocycles. The van der Waals surface area contributed by atoms with Crippen molar-refractivity contribution in [3.05, 3.63) is 82.4 Å². The average Bonchev–Trinajstić information content (AvgIpc) is 3.57. The second-order valence-corrected chi connectivity index (χ2v) is 10.1. The van der Waals surface area contributed by atoms with Crippen LogP contribution in [0.4, 0.5) is 39.3 Å². The van der Waals surface area contributed by atoms with Crippen molar-refractivity contribution in [2.45, 2.75) is 38.5 Å². The Bertz CT molecular complexity index is 1730. The third kappa shape index (κ3) is 5.49. The first-order valence-electron chi connectivity index (χ1n) is 12.5. The van der Waals surface area contributed by atoms with Gasteiger partial charge in [-0.15, -0.1) is 0 Å². The summed E-state index contributed by atoms with van der Waals surface area (Å²) < 4.78 is 71.2. The zero-order chi connectivity index (χ0) is 30.3. The van der Waals surface area contributed by atoms with Gasteiger partial charge in [-0.1, -0.05) is 11.6 Å². The van der Waals surface area contributed by atoms with Gasteiger partial charge >= 0.3 is 6.18 Å². The minimum atomic E-state index is -4.68. The summed E-state index contributed by atoms with van der Waals surface area (Å²) in [5.74, 6) is -2.74. The molecule has 1 aliphatic rings. The maximum absolute atomic E-state index is 14.7. The molecule has 0 spiro atoms. The number of nitriles is 1. The zero-order valence-electron chi connectivity index (χ0n) is 22.1.